The second-order valence-corrected chi connectivity index (χ2v) is 2.82. The highest BCUT2D eigenvalue weighted by atomic mass is 19.4. The Labute approximate surface area is 108 Å². The van der Waals surface area contributed by atoms with Gasteiger partial charge in [-0.05, 0) is 0 Å². The number of ether oxygens (including phenoxy) is 1. The second-order valence-electron chi connectivity index (χ2n) is 2.82. The van der Waals surface area contributed by atoms with Gasteiger partial charge in [0.15, 0.2) is 0 Å². The molecule has 21 heavy (non-hydrogen) atoms. The molecule has 0 aliphatic heterocycles. The predicted octanol–water partition coefficient (Wildman–Crippen LogP) is 2.06. The van der Waals surface area contributed by atoms with Gasteiger partial charge in [0.1, 0.15) is 0 Å². The van der Waals surface area contributed by atoms with Gasteiger partial charge in [0, 0.05) is 7.11 Å². The van der Waals surface area contributed by atoms with Gasteiger partial charge in [-0.1, -0.05) is 0 Å². The fourth-order valence-electron chi connectivity index (χ4n) is 0.444. The van der Waals surface area contributed by atoms with Gasteiger partial charge in [0.05, 0.1) is 0 Å². The van der Waals surface area contributed by atoms with Crippen molar-refractivity contribution in [1.29, 1.82) is 0 Å². The van der Waals surface area contributed by atoms with Gasteiger partial charge in [-0.3, -0.25) is 0 Å². The van der Waals surface area contributed by atoms with Gasteiger partial charge < -0.3 is 9.84 Å². The number of carbonyl (C=O) groups is 2. The van der Waals surface area contributed by atoms with E-state index in [2.05, 4.69) is 4.74 Å². The molecule has 4 nitrogen and oxygen atoms in total. The van der Waals surface area contributed by atoms with E-state index < -0.39 is 36.1 Å². The zero-order valence-corrected chi connectivity index (χ0v) is 9.45. The van der Waals surface area contributed by atoms with Crippen LogP contribution in [0, 0.1) is 0 Å². The average Bonchev–Trinajstić information content (AvgIpc) is 2.28. The summed E-state index contributed by atoms with van der Waals surface area (Å²) in [4.78, 5) is 20.2. The molecular formula is C7H4F10O4. The van der Waals surface area contributed by atoms with Crippen LogP contribution in [0.1, 0.15) is 0 Å². The maximum Gasteiger partial charge on any atom is 0.465 e. The van der Waals surface area contributed by atoms with Crippen LogP contribution in [-0.2, 0) is 14.3 Å². The van der Waals surface area contributed by atoms with Crippen molar-refractivity contribution < 1.29 is 63.3 Å². The normalized spacial score (nSPS) is 13.1. The minimum Gasteiger partial charge on any atom is -0.400 e. The third-order valence-electron chi connectivity index (χ3n) is 1.41. The van der Waals surface area contributed by atoms with Crippen molar-refractivity contribution in [3.05, 3.63) is 0 Å². The lowest BCUT2D eigenvalue weighted by molar-refractivity contribution is -0.292. The molecule has 0 amide bonds. The summed E-state index contributed by atoms with van der Waals surface area (Å²) in [6.45, 7) is 0. The highest BCUT2D eigenvalue weighted by molar-refractivity contribution is 5.93. The number of hydrogen-bond acceptors (Lipinski definition) is 4. The Balaban J connectivity index is 0. The van der Waals surface area contributed by atoms with Crippen molar-refractivity contribution in [2.24, 2.45) is 0 Å². The number of aliphatic hydroxyl groups is 1. The first kappa shape index (κ1) is 21.7. The van der Waals surface area contributed by atoms with Crippen LogP contribution >= 0.6 is 0 Å². The maximum absolute atomic E-state index is 12.1. The van der Waals surface area contributed by atoms with Crippen LogP contribution in [0.15, 0.2) is 0 Å². The van der Waals surface area contributed by atoms with E-state index in [9.17, 15) is 53.5 Å². The first-order valence-corrected chi connectivity index (χ1v) is 4.15. The average molecular weight is 342 g/mol. The second kappa shape index (κ2) is 6.44. The van der Waals surface area contributed by atoms with E-state index in [1.54, 1.807) is 0 Å². The van der Waals surface area contributed by atoms with Gasteiger partial charge in [0.2, 0.25) is 0 Å². The van der Waals surface area contributed by atoms with Crippen LogP contribution in [0.25, 0.3) is 0 Å². The highest BCUT2D eigenvalue weighted by Crippen LogP contribution is 2.39. The number of carbonyl (C=O) groups excluding carboxylic acids is 2. The molecule has 14 heteroatoms. The van der Waals surface area contributed by atoms with Crippen LogP contribution in [-0.4, -0.2) is 48.4 Å². The molecule has 0 aliphatic rings. The molecule has 0 aromatic carbocycles. The molecule has 0 fully saturated rings. The third kappa shape index (κ3) is 4.71. The topological polar surface area (TPSA) is 63.6 Å². The zero-order valence-electron chi connectivity index (χ0n) is 9.45. The molecule has 0 aromatic rings. The number of aliphatic hydroxyl groups excluding tert-OH is 1. The fourth-order valence-corrected chi connectivity index (χ4v) is 0.444. The molecule has 0 unspecified atom stereocenters. The van der Waals surface area contributed by atoms with E-state index in [0.717, 1.165) is 7.11 Å². The number of esters is 2. The lowest BCUT2D eigenvalue weighted by Crippen LogP contribution is -2.51. The third-order valence-corrected chi connectivity index (χ3v) is 1.41. The minimum atomic E-state index is -6.63. The fraction of sp³-hybridized carbons (Fsp3) is 0.714. The lowest BCUT2D eigenvalue weighted by atomic mass is 10.3. The van der Waals surface area contributed by atoms with Crippen molar-refractivity contribution in [1.82, 2.24) is 0 Å². The first-order valence-electron chi connectivity index (χ1n) is 4.15. The van der Waals surface area contributed by atoms with E-state index in [1.807, 2.05) is 0 Å². The number of hydrogen-bond donors (Lipinski definition) is 1. The molecule has 0 heterocycles. The van der Waals surface area contributed by atoms with E-state index in [0.29, 0.717) is 0 Å². The van der Waals surface area contributed by atoms with Gasteiger partial charge in [-0.25, -0.2) is 9.59 Å². The van der Waals surface area contributed by atoms with Gasteiger partial charge >= 0.3 is 36.1 Å². The summed E-state index contributed by atoms with van der Waals surface area (Å²) in [5.74, 6) is -20.6. The standard InChI is InChI=1S/C6F10O3.CH4O/c7-3(8,5(11,12)13)1(17)19-2(18)4(9,10)6(14,15)16;1-2/h;2H,1H3. The van der Waals surface area contributed by atoms with E-state index >= 15 is 0 Å². The molecule has 0 spiro atoms. The molecule has 0 atom stereocenters. The van der Waals surface area contributed by atoms with Crippen molar-refractivity contribution in [2.75, 3.05) is 7.11 Å². The summed E-state index contributed by atoms with van der Waals surface area (Å²) in [5.41, 5.74) is 0. The zero-order chi connectivity index (χ0) is 17.9. The SMILES string of the molecule is CO.O=C(OC(=O)C(F)(F)C(F)(F)F)C(F)(F)C(F)(F)F. The molecule has 0 rings (SSSR count). The summed E-state index contributed by atoms with van der Waals surface area (Å²) in [5, 5.41) is 7.00. The highest BCUT2D eigenvalue weighted by Gasteiger charge is 2.69. The quantitative estimate of drug-likeness (QED) is 0.474. The molecule has 0 aliphatic carbocycles. The predicted molar refractivity (Wildman–Crippen MR) is 41.2 cm³/mol. The Bertz CT molecular complexity index is 346. The smallest absolute Gasteiger partial charge is 0.400 e. The van der Waals surface area contributed by atoms with Crippen LogP contribution < -0.4 is 0 Å². The Kier molecular flexibility index (Phi) is 6.66. The molecule has 0 saturated carbocycles. The molecule has 126 valence electrons. The molecular weight excluding hydrogens is 338 g/mol. The van der Waals surface area contributed by atoms with Gasteiger partial charge in [0.25, 0.3) is 0 Å². The van der Waals surface area contributed by atoms with Crippen LogP contribution in [0.4, 0.5) is 43.9 Å². The molecule has 0 saturated heterocycles. The van der Waals surface area contributed by atoms with Crippen molar-refractivity contribution in [3.8, 4) is 0 Å². The molecule has 1 N–H and O–H groups in total. The lowest BCUT2D eigenvalue weighted by Gasteiger charge is -2.20. The van der Waals surface area contributed by atoms with E-state index in [-0.39, 0.29) is 0 Å². The summed E-state index contributed by atoms with van der Waals surface area (Å²) in [7, 11) is 1.00. The van der Waals surface area contributed by atoms with Gasteiger partial charge in [-0.2, -0.15) is 43.9 Å². The molecule has 0 radical (unpaired) electrons. The number of halogens is 10. The van der Waals surface area contributed by atoms with Crippen molar-refractivity contribution >= 4 is 11.9 Å². The van der Waals surface area contributed by atoms with Gasteiger partial charge in [-0.15, -0.1) is 0 Å². The van der Waals surface area contributed by atoms with Crippen LogP contribution in [0.3, 0.4) is 0 Å². The Hall–Kier alpha value is -1.60. The number of rotatable bonds is 2. The summed E-state index contributed by atoms with van der Waals surface area (Å²) >= 11 is 0. The number of alkyl halides is 10. The Morgan fingerprint density at radius 3 is 1.00 bits per heavy atom. The van der Waals surface area contributed by atoms with Crippen molar-refractivity contribution in [3.63, 3.8) is 0 Å². The molecule has 0 aromatic heterocycles. The Morgan fingerprint density at radius 1 is 0.667 bits per heavy atom. The van der Waals surface area contributed by atoms with Crippen LogP contribution in [0.2, 0.25) is 0 Å². The molecule has 0 bridgehead atoms. The van der Waals surface area contributed by atoms with Crippen LogP contribution in [0.5, 0.6) is 0 Å². The summed E-state index contributed by atoms with van der Waals surface area (Å²) in [6.07, 6.45) is -13.3. The largest absolute Gasteiger partial charge is 0.465 e. The minimum absolute atomic E-state index is 1.00. The summed E-state index contributed by atoms with van der Waals surface area (Å²) < 4.78 is 120. The Morgan fingerprint density at radius 2 is 0.857 bits per heavy atom. The summed E-state index contributed by atoms with van der Waals surface area (Å²) in [6, 6.07) is 0. The van der Waals surface area contributed by atoms with E-state index in [4.69, 9.17) is 5.11 Å². The van der Waals surface area contributed by atoms with E-state index in [1.165, 1.54) is 0 Å². The monoisotopic (exact) mass is 342 g/mol. The van der Waals surface area contributed by atoms with Crippen molar-refractivity contribution in [2.45, 2.75) is 24.2 Å². The maximum atomic E-state index is 12.1. The first-order chi connectivity index (χ1) is 9.05.